The number of thiazole rings is 1. The summed E-state index contributed by atoms with van der Waals surface area (Å²) in [6.07, 6.45) is 0. The van der Waals surface area contributed by atoms with Crippen LogP contribution in [-0.4, -0.2) is 23.4 Å². The minimum Gasteiger partial charge on any atom is -0.454 e. The van der Waals surface area contributed by atoms with E-state index < -0.39 is 0 Å². The van der Waals surface area contributed by atoms with Gasteiger partial charge in [0, 0.05) is 5.56 Å². The van der Waals surface area contributed by atoms with E-state index in [4.69, 9.17) is 9.47 Å². The van der Waals surface area contributed by atoms with Crippen LogP contribution in [0, 0.1) is 0 Å². The summed E-state index contributed by atoms with van der Waals surface area (Å²) in [5, 5.41) is 4.93. The number of nitrogens with zero attached hydrogens (tertiary/aromatic N) is 2. The highest BCUT2D eigenvalue weighted by Gasteiger charge is 2.16. The van der Waals surface area contributed by atoms with Gasteiger partial charge in [-0.2, -0.15) is 5.10 Å². The van der Waals surface area contributed by atoms with Crippen LogP contribution in [0.3, 0.4) is 0 Å². The molecule has 24 heavy (non-hydrogen) atoms. The lowest BCUT2D eigenvalue weighted by atomic mass is 10.2. The van der Waals surface area contributed by atoms with Crippen molar-refractivity contribution < 1.29 is 14.3 Å². The molecule has 6 nitrogen and oxygen atoms in total. The number of nitrogens with one attached hydrogen (secondary N) is 1. The first-order chi connectivity index (χ1) is 11.7. The zero-order valence-corrected chi connectivity index (χ0v) is 13.6. The molecule has 0 spiro atoms. The largest absolute Gasteiger partial charge is 0.454 e. The molecule has 1 N–H and O–H groups in total. The van der Waals surface area contributed by atoms with E-state index in [1.807, 2.05) is 31.2 Å². The number of hydrogen-bond donors (Lipinski definition) is 1. The summed E-state index contributed by atoms with van der Waals surface area (Å²) in [7, 11) is 0. The normalized spacial score (nSPS) is 13.3. The number of rotatable bonds is 3. The fourth-order valence-electron chi connectivity index (χ4n) is 2.31. The Hall–Kier alpha value is -2.93. The molecule has 4 rings (SSSR count). The van der Waals surface area contributed by atoms with Crippen LogP contribution >= 0.6 is 11.3 Å². The van der Waals surface area contributed by atoms with Crippen LogP contribution in [0.2, 0.25) is 0 Å². The van der Waals surface area contributed by atoms with Crippen molar-refractivity contribution in [1.82, 2.24) is 10.4 Å². The summed E-state index contributed by atoms with van der Waals surface area (Å²) in [6.45, 7) is 1.99. The summed E-state index contributed by atoms with van der Waals surface area (Å²) in [4.78, 5) is 16.7. The van der Waals surface area contributed by atoms with E-state index in [9.17, 15) is 4.79 Å². The quantitative estimate of drug-likeness (QED) is 0.587. The van der Waals surface area contributed by atoms with Gasteiger partial charge in [0.25, 0.3) is 5.91 Å². The van der Waals surface area contributed by atoms with Gasteiger partial charge in [-0.25, -0.2) is 10.4 Å². The molecule has 0 saturated carbocycles. The van der Waals surface area contributed by atoms with Gasteiger partial charge in [-0.05, 0) is 37.3 Å². The van der Waals surface area contributed by atoms with Crippen molar-refractivity contribution in [2.45, 2.75) is 6.92 Å². The van der Waals surface area contributed by atoms with Gasteiger partial charge in [0.15, 0.2) is 11.5 Å². The molecule has 7 heteroatoms. The van der Waals surface area contributed by atoms with E-state index >= 15 is 0 Å². The number of hydrazone groups is 1. The van der Waals surface area contributed by atoms with Crippen molar-refractivity contribution >= 4 is 33.2 Å². The highest BCUT2D eigenvalue weighted by Crippen LogP contribution is 2.32. The van der Waals surface area contributed by atoms with Crippen molar-refractivity contribution in [3.63, 3.8) is 0 Å². The number of hydrogen-bond acceptors (Lipinski definition) is 6. The Morgan fingerprint density at radius 1 is 1.21 bits per heavy atom. The Morgan fingerprint density at radius 3 is 2.92 bits per heavy atom. The van der Waals surface area contributed by atoms with Crippen molar-refractivity contribution in [1.29, 1.82) is 0 Å². The lowest BCUT2D eigenvalue weighted by Crippen LogP contribution is -2.19. The molecule has 1 aliphatic heterocycles. The number of amides is 1. The third-order valence-electron chi connectivity index (χ3n) is 3.56. The van der Waals surface area contributed by atoms with Gasteiger partial charge in [-0.15, -0.1) is 11.3 Å². The number of benzene rings is 2. The van der Waals surface area contributed by atoms with E-state index in [0.717, 1.165) is 15.2 Å². The second kappa shape index (κ2) is 5.93. The molecule has 3 aromatic rings. The minimum absolute atomic E-state index is 0.176. The molecule has 1 amide bonds. The fourth-order valence-corrected chi connectivity index (χ4v) is 3.22. The van der Waals surface area contributed by atoms with E-state index in [2.05, 4.69) is 15.5 Å². The molecule has 1 aromatic heterocycles. The second-order valence-corrected chi connectivity index (χ2v) is 6.22. The van der Waals surface area contributed by atoms with E-state index in [1.54, 1.807) is 18.2 Å². The maximum Gasteiger partial charge on any atom is 0.271 e. The van der Waals surface area contributed by atoms with Crippen molar-refractivity contribution in [2.75, 3.05) is 6.79 Å². The molecule has 0 saturated heterocycles. The Bertz CT molecular complexity index is 932. The molecule has 0 radical (unpaired) electrons. The first-order valence-corrected chi connectivity index (χ1v) is 8.12. The number of ether oxygens (including phenoxy) is 2. The Balaban J connectivity index is 1.52. The zero-order valence-electron chi connectivity index (χ0n) is 12.8. The van der Waals surface area contributed by atoms with E-state index in [-0.39, 0.29) is 12.7 Å². The number of carbonyl (C=O) groups is 1. The van der Waals surface area contributed by atoms with Crippen molar-refractivity contribution in [3.05, 3.63) is 53.0 Å². The fraction of sp³-hybridized carbons (Fsp3) is 0.118. The molecular weight excluding hydrogens is 326 g/mol. The molecule has 120 valence electrons. The van der Waals surface area contributed by atoms with Crippen LogP contribution in [0.15, 0.2) is 47.6 Å². The predicted octanol–water partition coefficient (Wildman–Crippen LogP) is 3.18. The second-order valence-electron chi connectivity index (χ2n) is 5.19. The molecule has 0 atom stereocenters. The van der Waals surface area contributed by atoms with Gasteiger partial charge in [0.05, 0.1) is 15.9 Å². The monoisotopic (exact) mass is 339 g/mol. The number of aromatic nitrogens is 1. The molecule has 0 unspecified atom stereocenters. The highest BCUT2D eigenvalue weighted by atomic mass is 32.1. The number of fused-ring (bicyclic) bond motifs is 2. The van der Waals surface area contributed by atoms with Crippen LogP contribution in [0.1, 0.15) is 22.3 Å². The van der Waals surface area contributed by atoms with Gasteiger partial charge in [-0.3, -0.25) is 4.79 Å². The molecule has 1 aliphatic rings. The van der Waals surface area contributed by atoms with Crippen LogP contribution < -0.4 is 14.9 Å². The minimum atomic E-state index is -0.311. The standard InChI is InChI=1S/C17H13N3O3S/c1-10(17-18-12-4-2-3-5-15(12)24-17)19-20-16(21)11-6-7-13-14(8-11)23-9-22-13/h2-8H,9H2,1H3,(H,20,21)/b19-10+. The number of carbonyl (C=O) groups excluding carboxylic acids is 1. The molecule has 2 aromatic carbocycles. The summed E-state index contributed by atoms with van der Waals surface area (Å²) in [6, 6.07) is 12.9. The molecule has 2 heterocycles. The Kier molecular flexibility index (Phi) is 3.62. The Labute approximate surface area is 141 Å². The summed E-state index contributed by atoms with van der Waals surface area (Å²) < 4.78 is 11.6. The maximum atomic E-state index is 12.2. The summed E-state index contributed by atoms with van der Waals surface area (Å²) >= 11 is 1.54. The average Bonchev–Trinajstić information content (AvgIpc) is 3.24. The smallest absolute Gasteiger partial charge is 0.271 e. The topological polar surface area (TPSA) is 72.8 Å². The van der Waals surface area contributed by atoms with Crippen LogP contribution in [0.25, 0.3) is 10.2 Å². The van der Waals surface area contributed by atoms with Gasteiger partial charge in [0.2, 0.25) is 6.79 Å². The number of para-hydroxylation sites is 1. The third kappa shape index (κ3) is 2.69. The molecule has 0 fully saturated rings. The van der Waals surface area contributed by atoms with Crippen LogP contribution in [-0.2, 0) is 0 Å². The summed E-state index contributed by atoms with van der Waals surface area (Å²) in [5.74, 6) is 0.893. The van der Waals surface area contributed by atoms with Crippen LogP contribution in [0.5, 0.6) is 11.5 Å². The van der Waals surface area contributed by atoms with Gasteiger partial charge in [-0.1, -0.05) is 12.1 Å². The van der Waals surface area contributed by atoms with Crippen molar-refractivity contribution in [3.8, 4) is 11.5 Å². The molecule has 0 aliphatic carbocycles. The SMILES string of the molecule is C/C(=N\NC(=O)c1ccc2c(c1)OCO2)c1nc2ccccc2s1. The maximum absolute atomic E-state index is 12.2. The van der Waals surface area contributed by atoms with E-state index in [0.29, 0.717) is 22.8 Å². The van der Waals surface area contributed by atoms with Gasteiger partial charge < -0.3 is 9.47 Å². The first-order valence-electron chi connectivity index (χ1n) is 7.31. The van der Waals surface area contributed by atoms with E-state index in [1.165, 1.54) is 11.3 Å². The van der Waals surface area contributed by atoms with Crippen LogP contribution in [0.4, 0.5) is 0 Å². The zero-order chi connectivity index (χ0) is 16.5. The first kappa shape index (κ1) is 14.6. The highest BCUT2D eigenvalue weighted by molar-refractivity contribution is 7.20. The lowest BCUT2D eigenvalue weighted by molar-refractivity contribution is 0.0954. The molecule has 0 bridgehead atoms. The Morgan fingerprint density at radius 2 is 2.04 bits per heavy atom. The molecular formula is C17H13N3O3S. The third-order valence-corrected chi connectivity index (χ3v) is 4.71. The van der Waals surface area contributed by atoms with Gasteiger partial charge in [0.1, 0.15) is 5.01 Å². The lowest BCUT2D eigenvalue weighted by Gasteiger charge is -2.02. The van der Waals surface area contributed by atoms with Crippen molar-refractivity contribution in [2.24, 2.45) is 5.10 Å². The van der Waals surface area contributed by atoms with Gasteiger partial charge >= 0.3 is 0 Å². The average molecular weight is 339 g/mol. The summed E-state index contributed by atoms with van der Waals surface area (Å²) in [5.41, 5.74) is 4.59. The predicted molar refractivity (Wildman–Crippen MR) is 91.9 cm³/mol.